The van der Waals surface area contributed by atoms with E-state index >= 15 is 0 Å². The van der Waals surface area contributed by atoms with E-state index in [0.717, 1.165) is 25.7 Å². The minimum absolute atomic E-state index is 0.139. The summed E-state index contributed by atoms with van der Waals surface area (Å²) in [6.45, 7) is 25.6. The Labute approximate surface area is 295 Å². The smallest absolute Gasteiger partial charge is 0.261 e. The molecule has 4 rings (SSSR count). The molecule has 1 heterocycles. The van der Waals surface area contributed by atoms with Crippen LogP contribution >= 0.6 is 0 Å². The quantitative estimate of drug-likeness (QED) is 0.173. The second kappa shape index (κ2) is 14.8. The van der Waals surface area contributed by atoms with Gasteiger partial charge < -0.3 is 8.85 Å². The lowest BCUT2D eigenvalue weighted by Gasteiger charge is -2.43. The molecule has 0 bridgehead atoms. The van der Waals surface area contributed by atoms with Crippen LogP contribution in [0.5, 0.6) is 0 Å². The van der Waals surface area contributed by atoms with Gasteiger partial charge in [-0.05, 0) is 97.9 Å². The Morgan fingerprint density at radius 3 is 1.83 bits per heavy atom. The number of hydrogen-bond acceptors (Lipinski definition) is 4. The summed E-state index contributed by atoms with van der Waals surface area (Å²) in [5.74, 6) is 0.202. The van der Waals surface area contributed by atoms with Crippen molar-refractivity contribution in [2.24, 2.45) is 5.92 Å². The molecule has 1 saturated heterocycles. The molecule has 2 aliphatic rings. The molecular weight excluding hydrogens is 647 g/mol. The molecule has 0 N–H and O–H groups in total. The highest BCUT2D eigenvalue weighted by Crippen LogP contribution is 2.44. The van der Waals surface area contributed by atoms with Crippen molar-refractivity contribution in [1.82, 2.24) is 4.31 Å². The van der Waals surface area contributed by atoms with Crippen LogP contribution in [0.2, 0.25) is 23.2 Å². The number of nitrogens with zero attached hydrogens (tertiary/aromatic N) is 1. The molecule has 0 aromatic heterocycles. The molecule has 0 saturated carbocycles. The third-order valence-corrected chi connectivity index (χ3v) is 23.2. The fraction of sp³-hybridized carbons (Fsp3) is 0.600. The highest BCUT2D eigenvalue weighted by atomic mass is 32.2. The molecular formula is C40H63NO4SSi2. The summed E-state index contributed by atoms with van der Waals surface area (Å²) in [5, 5.41) is 2.47. The van der Waals surface area contributed by atoms with E-state index in [-0.39, 0.29) is 22.0 Å². The maximum absolute atomic E-state index is 14.3. The van der Waals surface area contributed by atoms with Gasteiger partial charge in [-0.2, -0.15) is 4.31 Å². The van der Waals surface area contributed by atoms with Gasteiger partial charge in [-0.25, -0.2) is 8.42 Å². The van der Waals surface area contributed by atoms with Crippen LogP contribution in [0.25, 0.3) is 0 Å². The summed E-state index contributed by atoms with van der Waals surface area (Å²) < 4.78 is 43.7. The van der Waals surface area contributed by atoms with Crippen LogP contribution in [0.15, 0.2) is 84.0 Å². The first kappa shape index (κ1) is 39.0. The summed E-state index contributed by atoms with van der Waals surface area (Å²) in [5.41, 5.74) is 2.69. The van der Waals surface area contributed by atoms with Gasteiger partial charge in [-0.3, -0.25) is 0 Å². The Kier molecular flexibility index (Phi) is 12.0. The molecule has 2 aromatic carbocycles. The van der Waals surface area contributed by atoms with Gasteiger partial charge in [0.05, 0.1) is 4.75 Å². The Bertz CT molecular complexity index is 1490. The maximum Gasteiger partial charge on any atom is 0.261 e. The molecule has 0 spiro atoms. The minimum atomic E-state index is -3.58. The van der Waals surface area contributed by atoms with Crippen molar-refractivity contribution in [3.05, 3.63) is 84.0 Å². The first-order valence-corrected chi connectivity index (χ1v) is 24.3. The highest BCUT2D eigenvalue weighted by molar-refractivity contribution is 7.90. The molecule has 8 heteroatoms. The maximum atomic E-state index is 14.3. The molecule has 0 amide bonds. The lowest BCUT2D eigenvalue weighted by Crippen LogP contribution is -2.66. The zero-order valence-electron chi connectivity index (χ0n) is 31.7. The lowest BCUT2D eigenvalue weighted by atomic mass is 9.84. The van der Waals surface area contributed by atoms with Crippen molar-refractivity contribution in [1.29, 1.82) is 0 Å². The number of sulfonamides is 1. The van der Waals surface area contributed by atoms with Crippen molar-refractivity contribution in [2.45, 2.75) is 128 Å². The lowest BCUT2D eigenvalue weighted by molar-refractivity contribution is 0.258. The van der Waals surface area contributed by atoms with E-state index in [2.05, 4.69) is 127 Å². The minimum Gasteiger partial charge on any atom is -0.417 e. The van der Waals surface area contributed by atoms with E-state index in [1.54, 1.807) is 0 Å². The number of benzene rings is 2. The number of fused-ring (bicyclic) bond motifs is 1. The molecule has 0 radical (unpaired) electrons. The van der Waals surface area contributed by atoms with Gasteiger partial charge in [0.1, 0.15) is 0 Å². The summed E-state index contributed by atoms with van der Waals surface area (Å²) in [4.78, 5) is 0. The van der Waals surface area contributed by atoms with Gasteiger partial charge in [0.2, 0.25) is 10.0 Å². The van der Waals surface area contributed by atoms with Crippen LogP contribution in [0.3, 0.4) is 0 Å². The van der Waals surface area contributed by atoms with Crippen LogP contribution in [0.1, 0.15) is 94.4 Å². The van der Waals surface area contributed by atoms with Crippen molar-refractivity contribution in [3.63, 3.8) is 0 Å². The molecule has 48 heavy (non-hydrogen) atoms. The predicted molar refractivity (Wildman–Crippen MR) is 209 cm³/mol. The monoisotopic (exact) mass is 709 g/mol. The molecule has 2 atom stereocenters. The van der Waals surface area contributed by atoms with Gasteiger partial charge in [-0.1, -0.05) is 120 Å². The number of rotatable bonds is 11. The van der Waals surface area contributed by atoms with E-state index in [1.807, 2.05) is 25.1 Å². The van der Waals surface area contributed by atoms with Crippen LogP contribution < -0.4 is 10.4 Å². The van der Waals surface area contributed by atoms with E-state index < -0.39 is 31.4 Å². The fourth-order valence-corrected chi connectivity index (χ4v) is 14.6. The molecule has 1 aliphatic carbocycles. The Balaban J connectivity index is 1.77. The van der Waals surface area contributed by atoms with Gasteiger partial charge in [0, 0.05) is 25.8 Å². The van der Waals surface area contributed by atoms with Gasteiger partial charge in [0.25, 0.3) is 8.32 Å². The molecule has 1 fully saturated rings. The van der Waals surface area contributed by atoms with Crippen LogP contribution in [0, 0.1) is 5.92 Å². The summed E-state index contributed by atoms with van der Waals surface area (Å²) in [6, 6.07) is 21.2. The number of allylic oxidation sites excluding steroid dienone is 2. The van der Waals surface area contributed by atoms with Gasteiger partial charge in [-0.15, -0.1) is 0 Å². The second-order valence-corrected chi connectivity index (χ2v) is 29.1. The third kappa shape index (κ3) is 8.05. The van der Waals surface area contributed by atoms with Crippen LogP contribution in [-0.4, -0.2) is 59.9 Å². The standard InChI is InChI=1S/C40H63NO4SSi2/c1-38(2,3)46(42,43)41-31-33-22-16-12-15-21-32(27-29-44-47(10,11)39(4,5)6)37(33)36(41)28-30-45-48(40(7,8)9,34-23-17-13-18-24-34)35-25-19-14-20-26-35/h12-15,17-20,23-26,33,36H,16,21-22,27-31H2,1-11H3/b15-12-,37-32-/t33-,36+/m0/s1. The molecule has 1 aliphatic heterocycles. The molecule has 266 valence electrons. The zero-order chi connectivity index (χ0) is 35.6. The average molecular weight is 710 g/mol. The molecule has 0 unspecified atom stereocenters. The first-order chi connectivity index (χ1) is 22.2. The Morgan fingerprint density at radius 1 is 0.771 bits per heavy atom. The Hall–Kier alpha value is -1.82. The predicted octanol–water partition coefficient (Wildman–Crippen LogP) is 8.83. The summed E-state index contributed by atoms with van der Waals surface area (Å²) in [6.07, 6.45) is 8.81. The van der Waals surface area contributed by atoms with E-state index in [1.165, 1.54) is 21.5 Å². The van der Waals surface area contributed by atoms with Crippen molar-refractivity contribution < 1.29 is 17.3 Å². The highest BCUT2D eigenvalue weighted by Gasteiger charge is 2.52. The summed E-state index contributed by atoms with van der Waals surface area (Å²) in [7, 11) is -8.27. The van der Waals surface area contributed by atoms with Crippen molar-refractivity contribution >= 4 is 37.0 Å². The normalized spacial score (nSPS) is 22.6. The summed E-state index contributed by atoms with van der Waals surface area (Å²) >= 11 is 0. The topological polar surface area (TPSA) is 55.8 Å². The fourth-order valence-electron chi connectivity index (χ4n) is 7.29. The van der Waals surface area contributed by atoms with Crippen LogP contribution in [0.4, 0.5) is 0 Å². The van der Waals surface area contributed by atoms with Gasteiger partial charge in [0.15, 0.2) is 8.32 Å². The second-order valence-electron chi connectivity index (χ2n) is 17.4. The third-order valence-electron chi connectivity index (χ3n) is 11.0. The first-order valence-electron chi connectivity index (χ1n) is 18.0. The largest absolute Gasteiger partial charge is 0.417 e. The van der Waals surface area contributed by atoms with E-state index in [4.69, 9.17) is 8.85 Å². The number of hydrogen-bond donors (Lipinski definition) is 0. The zero-order valence-corrected chi connectivity index (χ0v) is 34.5. The SMILES string of the molecule is CC(C)(C)[Si](C)(C)OCC/C1=C2/[C@@H](CC/C=C\C1)CN(S(=O)(=O)C(C)(C)C)[C@@H]2CCO[Si](c1ccccc1)(c1ccccc1)C(C)(C)C. The Morgan fingerprint density at radius 2 is 1.33 bits per heavy atom. The van der Waals surface area contributed by atoms with Gasteiger partial charge >= 0.3 is 0 Å². The van der Waals surface area contributed by atoms with E-state index in [0.29, 0.717) is 26.2 Å². The van der Waals surface area contributed by atoms with Crippen molar-refractivity contribution in [2.75, 3.05) is 19.8 Å². The average Bonchev–Trinajstić information content (AvgIpc) is 3.33. The van der Waals surface area contributed by atoms with E-state index in [9.17, 15) is 8.42 Å². The van der Waals surface area contributed by atoms with Crippen molar-refractivity contribution in [3.8, 4) is 0 Å². The molecule has 5 nitrogen and oxygen atoms in total. The molecule has 2 aromatic rings. The van der Waals surface area contributed by atoms with Crippen LogP contribution in [-0.2, 0) is 18.9 Å².